The van der Waals surface area contributed by atoms with Gasteiger partial charge in [-0.1, -0.05) is 60.1 Å². The Morgan fingerprint density at radius 2 is 1.78 bits per heavy atom. The van der Waals surface area contributed by atoms with E-state index in [1.54, 1.807) is 36.0 Å². The van der Waals surface area contributed by atoms with E-state index in [-0.39, 0.29) is 16.2 Å². The number of hydrogen-bond donors (Lipinski definition) is 1. The van der Waals surface area contributed by atoms with Crippen molar-refractivity contribution in [1.82, 2.24) is 0 Å². The fraction of sp³-hybridized carbons (Fsp3) is 0.125. The maximum Gasteiger partial charge on any atom is 0.335 e. The fourth-order valence-corrected chi connectivity index (χ4v) is 5.71. The van der Waals surface area contributed by atoms with E-state index in [9.17, 15) is 20.0 Å². The van der Waals surface area contributed by atoms with Crippen LogP contribution in [0.25, 0.3) is 6.08 Å². The van der Waals surface area contributed by atoms with Crippen LogP contribution in [0, 0.1) is 10.1 Å². The van der Waals surface area contributed by atoms with E-state index in [0.29, 0.717) is 24.7 Å². The van der Waals surface area contributed by atoms with E-state index >= 15 is 0 Å². The third-order valence-electron chi connectivity index (χ3n) is 6.66. The van der Waals surface area contributed by atoms with E-state index in [0.717, 1.165) is 38.7 Å². The first-order chi connectivity index (χ1) is 19.9. The van der Waals surface area contributed by atoms with Gasteiger partial charge in [0.2, 0.25) is 0 Å². The van der Waals surface area contributed by atoms with Crippen molar-refractivity contribution in [2.24, 2.45) is 4.99 Å². The third kappa shape index (κ3) is 7.03. The van der Waals surface area contributed by atoms with Crippen molar-refractivity contribution in [1.29, 1.82) is 0 Å². The van der Waals surface area contributed by atoms with Crippen LogP contribution in [-0.4, -0.2) is 34.8 Å². The number of anilines is 1. The van der Waals surface area contributed by atoms with Gasteiger partial charge in [-0.3, -0.25) is 15.1 Å². The second-order valence-electron chi connectivity index (χ2n) is 9.44. The predicted octanol–water partition coefficient (Wildman–Crippen LogP) is 7.76. The summed E-state index contributed by atoms with van der Waals surface area (Å²) >= 11 is 8.04. The summed E-state index contributed by atoms with van der Waals surface area (Å²) in [6.07, 6.45) is 3.79. The second kappa shape index (κ2) is 12.8. The molecule has 0 aliphatic carbocycles. The van der Waals surface area contributed by atoms with Crippen LogP contribution >= 0.6 is 23.4 Å². The zero-order chi connectivity index (χ0) is 28.8. The number of benzene rings is 4. The number of carboxylic acid groups (broad SMARTS) is 1. The van der Waals surface area contributed by atoms with Crippen LogP contribution in [-0.2, 0) is 12.3 Å². The quantitative estimate of drug-likeness (QED) is 0.123. The van der Waals surface area contributed by atoms with Gasteiger partial charge in [-0.2, -0.15) is 0 Å². The lowest BCUT2D eigenvalue weighted by atomic mass is 10.0. The highest BCUT2D eigenvalue weighted by atomic mass is 35.5. The number of fused-ring (bicyclic) bond motifs is 1. The molecule has 0 spiro atoms. The van der Waals surface area contributed by atoms with Crippen LogP contribution in [0.15, 0.2) is 107 Å². The molecular weight excluding hydrogens is 558 g/mol. The summed E-state index contributed by atoms with van der Waals surface area (Å²) < 4.78 is 0. The summed E-state index contributed by atoms with van der Waals surface area (Å²) in [5, 5.41) is 21.3. The summed E-state index contributed by atoms with van der Waals surface area (Å²) in [6.45, 7) is 1.73. The number of rotatable bonds is 9. The number of non-ortho nitro benzene ring substituents is 1. The normalized spacial score (nSPS) is 13.0. The van der Waals surface area contributed by atoms with Crippen molar-refractivity contribution >= 4 is 52.5 Å². The van der Waals surface area contributed by atoms with Crippen molar-refractivity contribution in [3.05, 3.63) is 140 Å². The smallest absolute Gasteiger partial charge is 0.335 e. The number of benzodiazepines with no additional fused rings is 1. The van der Waals surface area contributed by atoms with E-state index < -0.39 is 5.97 Å². The molecule has 1 N–H and O–H groups in total. The van der Waals surface area contributed by atoms with Crippen LogP contribution < -0.4 is 4.90 Å². The van der Waals surface area contributed by atoms with Crippen LogP contribution in [0.2, 0.25) is 5.02 Å². The lowest BCUT2D eigenvalue weighted by Crippen LogP contribution is -2.25. The van der Waals surface area contributed by atoms with Crippen molar-refractivity contribution in [3.8, 4) is 0 Å². The van der Waals surface area contributed by atoms with Crippen molar-refractivity contribution in [2.75, 3.05) is 18.0 Å². The maximum atomic E-state index is 11.5. The lowest BCUT2D eigenvalue weighted by molar-refractivity contribution is -0.384. The molecule has 0 bridgehead atoms. The molecule has 1 aliphatic rings. The number of aromatic carboxylic acids is 1. The average Bonchev–Trinajstić information content (AvgIpc) is 3.14. The van der Waals surface area contributed by atoms with Gasteiger partial charge >= 0.3 is 5.97 Å². The average molecular weight is 584 g/mol. The van der Waals surface area contributed by atoms with E-state index in [1.807, 2.05) is 60.7 Å². The first kappa shape index (κ1) is 28.1. The fourth-order valence-electron chi connectivity index (χ4n) is 4.57. The minimum atomic E-state index is -0.960. The van der Waals surface area contributed by atoms with E-state index in [4.69, 9.17) is 16.6 Å². The summed E-state index contributed by atoms with van der Waals surface area (Å²) in [5.41, 5.74) is 5.73. The van der Waals surface area contributed by atoms with Crippen LogP contribution in [0.1, 0.15) is 32.6 Å². The number of nitro benzene ring substituents is 1. The molecule has 1 aliphatic heterocycles. The first-order valence-corrected chi connectivity index (χ1v) is 14.3. The van der Waals surface area contributed by atoms with Gasteiger partial charge in [-0.05, 0) is 59.2 Å². The number of thioether (sulfide) groups is 1. The van der Waals surface area contributed by atoms with Gasteiger partial charge < -0.3 is 10.0 Å². The van der Waals surface area contributed by atoms with Crippen molar-refractivity contribution < 1.29 is 14.8 Å². The van der Waals surface area contributed by atoms with E-state index in [1.165, 1.54) is 11.6 Å². The molecule has 0 atom stereocenters. The van der Waals surface area contributed by atoms with Gasteiger partial charge in [0, 0.05) is 52.1 Å². The molecule has 0 unspecified atom stereocenters. The summed E-state index contributed by atoms with van der Waals surface area (Å²) in [6, 6.07) is 27.5. The van der Waals surface area contributed by atoms with Crippen LogP contribution in [0.5, 0.6) is 0 Å². The van der Waals surface area contributed by atoms with Gasteiger partial charge in [-0.25, -0.2) is 4.79 Å². The molecule has 41 heavy (non-hydrogen) atoms. The molecule has 0 aromatic heterocycles. The van der Waals surface area contributed by atoms with Gasteiger partial charge in [0.25, 0.3) is 5.69 Å². The molecule has 206 valence electrons. The largest absolute Gasteiger partial charge is 0.478 e. The van der Waals surface area contributed by atoms with Gasteiger partial charge in [0.1, 0.15) is 0 Å². The molecule has 0 fully saturated rings. The highest BCUT2D eigenvalue weighted by Crippen LogP contribution is 2.32. The highest BCUT2D eigenvalue weighted by molar-refractivity contribution is 7.98. The molecule has 9 heteroatoms. The number of aliphatic imine (C=N–C) groups is 1. The van der Waals surface area contributed by atoms with E-state index in [2.05, 4.69) is 17.0 Å². The Bertz CT molecular complexity index is 1640. The highest BCUT2D eigenvalue weighted by Gasteiger charge is 2.19. The Balaban J connectivity index is 1.43. The zero-order valence-electron chi connectivity index (χ0n) is 21.9. The van der Waals surface area contributed by atoms with Crippen LogP contribution in [0.4, 0.5) is 11.4 Å². The molecule has 0 saturated heterocycles. The SMILES string of the molecule is O=C(O)c1ccc(CN2CCN=C(/C=C/c3cc([N+](=O)[O-])ccc3SCc3ccccc3)c3ccc(Cl)cc32)cc1. The Kier molecular flexibility index (Phi) is 8.82. The first-order valence-electron chi connectivity index (χ1n) is 12.9. The summed E-state index contributed by atoms with van der Waals surface area (Å²) in [4.78, 5) is 30.4. The Hall–Kier alpha value is -4.40. The molecular formula is C32H26ClN3O4S. The van der Waals surface area contributed by atoms with Crippen molar-refractivity contribution in [2.45, 2.75) is 17.2 Å². The van der Waals surface area contributed by atoms with Crippen LogP contribution in [0.3, 0.4) is 0 Å². The topological polar surface area (TPSA) is 96.0 Å². The number of nitro groups is 1. The predicted molar refractivity (Wildman–Crippen MR) is 165 cm³/mol. The maximum absolute atomic E-state index is 11.5. The lowest BCUT2D eigenvalue weighted by Gasteiger charge is -2.25. The Morgan fingerprint density at radius 3 is 2.51 bits per heavy atom. The monoisotopic (exact) mass is 583 g/mol. The van der Waals surface area contributed by atoms with Crippen molar-refractivity contribution in [3.63, 3.8) is 0 Å². The minimum Gasteiger partial charge on any atom is -0.478 e. The Morgan fingerprint density at radius 1 is 1.00 bits per heavy atom. The summed E-state index contributed by atoms with van der Waals surface area (Å²) in [7, 11) is 0. The van der Waals surface area contributed by atoms with Gasteiger partial charge in [0.15, 0.2) is 0 Å². The number of hydrogen-bond acceptors (Lipinski definition) is 6. The zero-order valence-corrected chi connectivity index (χ0v) is 23.5. The number of carboxylic acids is 1. The molecule has 7 nitrogen and oxygen atoms in total. The number of carbonyl (C=O) groups is 1. The molecule has 0 amide bonds. The molecule has 0 saturated carbocycles. The number of allylic oxidation sites excluding steroid dienone is 1. The second-order valence-corrected chi connectivity index (χ2v) is 10.9. The minimum absolute atomic E-state index is 0.0313. The standard InChI is InChI=1S/C32H26ClN3O4S/c33-26-11-13-28-29(34-16-17-35(30(28)19-26)20-22-6-8-24(9-7-22)32(37)38)14-10-25-18-27(36(39)40)12-15-31(25)41-21-23-4-2-1-3-5-23/h1-15,18-19H,16-17,20-21H2,(H,37,38)/b14-10+. The Labute approximate surface area is 247 Å². The molecule has 0 radical (unpaired) electrons. The molecule has 4 aromatic carbocycles. The van der Waals surface area contributed by atoms with Gasteiger partial charge in [0.05, 0.1) is 22.7 Å². The number of halogens is 1. The summed E-state index contributed by atoms with van der Waals surface area (Å²) in [5.74, 6) is -0.219. The third-order valence-corrected chi connectivity index (χ3v) is 8.06. The number of nitrogens with zero attached hydrogens (tertiary/aromatic N) is 3. The molecule has 5 rings (SSSR count). The molecule has 1 heterocycles. The van der Waals surface area contributed by atoms with Gasteiger partial charge in [-0.15, -0.1) is 11.8 Å². The molecule has 4 aromatic rings.